The molecule has 1 heterocycles. The third-order valence-corrected chi connectivity index (χ3v) is 6.47. The highest BCUT2D eigenvalue weighted by Gasteiger charge is 2.31. The Labute approximate surface area is 208 Å². The van der Waals surface area contributed by atoms with Crippen molar-refractivity contribution in [3.63, 3.8) is 0 Å². The van der Waals surface area contributed by atoms with Gasteiger partial charge in [-0.25, -0.2) is 4.57 Å². The summed E-state index contributed by atoms with van der Waals surface area (Å²) in [7, 11) is -4.76. The van der Waals surface area contributed by atoms with E-state index >= 15 is 0 Å². The maximum Gasteiger partial charge on any atom is 0.469 e. The highest BCUT2D eigenvalue weighted by Crippen LogP contribution is 2.37. The summed E-state index contributed by atoms with van der Waals surface area (Å²) in [4.78, 5) is 30.9. The van der Waals surface area contributed by atoms with E-state index in [0.717, 1.165) is 12.1 Å². The molecule has 0 aliphatic heterocycles. The van der Waals surface area contributed by atoms with Crippen molar-refractivity contribution >= 4 is 29.8 Å². The molecule has 0 spiro atoms. The fourth-order valence-corrected chi connectivity index (χ4v) is 4.34. The highest BCUT2D eigenvalue weighted by molar-refractivity contribution is 7.46. The van der Waals surface area contributed by atoms with Gasteiger partial charge < -0.3 is 25.0 Å². The third kappa shape index (κ3) is 6.27. The van der Waals surface area contributed by atoms with Crippen molar-refractivity contribution in [1.29, 1.82) is 0 Å². The van der Waals surface area contributed by atoms with Crippen LogP contribution in [0.1, 0.15) is 17.5 Å². The number of phosphoric ester groups is 1. The normalized spacial score (nSPS) is 14.2. The quantitative estimate of drug-likeness (QED) is 0.192. The number of alkyl halides is 3. The Bertz CT molecular complexity index is 1560. The number of halogens is 3. The third-order valence-electron chi connectivity index (χ3n) is 6.00. The number of hydrogen-bond donors (Lipinski definition) is 4. The molecule has 3 aromatic carbocycles. The molecule has 4 aromatic rings. The molecule has 0 fully saturated rings. The van der Waals surface area contributed by atoms with E-state index in [4.69, 9.17) is 19.9 Å². The zero-order valence-corrected chi connectivity index (χ0v) is 20.1. The van der Waals surface area contributed by atoms with Gasteiger partial charge in [0.05, 0.1) is 35.1 Å². The Morgan fingerprint density at radius 3 is 2.35 bits per heavy atom. The second-order valence-corrected chi connectivity index (χ2v) is 10.1. The van der Waals surface area contributed by atoms with Gasteiger partial charge in [0.25, 0.3) is 0 Å². The minimum Gasteiger partial charge on any atom is -0.456 e. The summed E-state index contributed by atoms with van der Waals surface area (Å²) in [5.41, 5.74) is 5.41. The molecule has 0 bridgehead atoms. The first kappa shape index (κ1) is 27.0. The van der Waals surface area contributed by atoms with Gasteiger partial charge in [0.15, 0.2) is 0 Å². The minimum absolute atomic E-state index is 0.105. The van der Waals surface area contributed by atoms with Crippen molar-refractivity contribution in [1.82, 2.24) is 0 Å². The van der Waals surface area contributed by atoms with Crippen molar-refractivity contribution in [3.8, 4) is 11.1 Å². The van der Waals surface area contributed by atoms with Crippen LogP contribution in [-0.4, -0.2) is 33.6 Å². The van der Waals surface area contributed by atoms with Gasteiger partial charge in [-0.2, -0.15) is 13.2 Å². The second kappa shape index (κ2) is 10.0. The molecule has 0 aliphatic rings. The highest BCUT2D eigenvalue weighted by atomic mass is 31.2. The van der Waals surface area contributed by atoms with E-state index in [0.29, 0.717) is 16.7 Å². The fraction of sp³-hybridized carbons (Fsp3) is 0.240. The molecule has 4 rings (SSSR count). The van der Waals surface area contributed by atoms with Gasteiger partial charge in [-0.3, -0.25) is 9.32 Å². The number of aliphatic hydroxyl groups excluding tert-OH is 1. The van der Waals surface area contributed by atoms with Crippen molar-refractivity contribution in [2.75, 3.05) is 13.2 Å². The van der Waals surface area contributed by atoms with Crippen molar-refractivity contribution in [3.05, 3.63) is 82.0 Å². The number of rotatable bonds is 8. The average molecular weight is 537 g/mol. The van der Waals surface area contributed by atoms with E-state index in [1.165, 1.54) is 24.3 Å². The molecule has 0 radical (unpaired) electrons. The van der Waals surface area contributed by atoms with Gasteiger partial charge in [-0.15, -0.1) is 0 Å². The summed E-state index contributed by atoms with van der Waals surface area (Å²) < 4.78 is 60.6. The lowest BCUT2D eigenvalue weighted by Crippen LogP contribution is -2.48. The number of hydrogen-bond acceptors (Lipinski definition) is 6. The molecular formula is C25H23F3NO7P. The predicted octanol–water partition coefficient (Wildman–Crippen LogP) is 4.36. The Kier molecular flexibility index (Phi) is 7.31. The lowest BCUT2D eigenvalue weighted by atomic mass is 9.93. The topological polar surface area (TPSA) is 143 Å². The lowest BCUT2D eigenvalue weighted by molar-refractivity contribution is -0.137. The van der Waals surface area contributed by atoms with E-state index < -0.39 is 38.3 Å². The van der Waals surface area contributed by atoms with Crippen LogP contribution in [0.2, 0.25) is 0 Å². The number of fused-ring (bicyclic) bond motifs is 2. The number of aryl methyl sites for hydroxylation is 1. The summed E-state index contributed by atoms with van der Waals surface area (Å²) in [6, 6.07) is 14.3. The second-order valence-electron chi connectivity index (χ2n) is 8.84. The van der Waals surface area contributed by atoms with Crippen LogP contribution in [0, 0.1) is 0 Å². The van der Waals surface area contributed by atoms with Gasteiger partial charge >= 0.3 is 14.0 Å². The molecule has 0 amide bonds. The summed E-state index contributed by atoms with van der Waals surface area (Å²) in [6.45, 7) is -1.15. The number of phosphoric acid groups is 1. The fourth-order valence-electron chi connectivity index (χ4n) is 3.91. The number of benzene rings is 3. The van der Waals surface area contributed by atoms with Gasteiger partial charge in [0.1, 0.15) is 11.2 Å². The molecule has 196 valence electrons. The number of nitrogens with two attached hydrogens (primary N) is 1. The predicted molar refractivity (Wildman–Crippen MR) is 131 cm³/mol. The largest absolute Gasteiger partial charge is 0.469 e. The monoisotopic (exact) mass is 537 g/mol. The Morgan fingerprint density at radius 2 is 1.68 bits per heavy atom. The zero-order chi connectivity index (χ0) is 27.0. The maximum absolute atomic E-state index is 13.2. The van der Waals surface area contributed by atoms with E-state index in [9.17, 15) is 27.6 Å². The SMILES string of the molecule is NC(CO)(CCc1ccc2oc3cc(-c4cccc(C(F)(F)F)c4)ccc3c(=O)c2c1)COP(=O)(O)O. The molecule has 1 aromatic heterocycles. The van der Waals surface area contributed by atoms with Crippen molar-refractivity contribution in [2.24, 2.45) is 5.73 Å². The van der Waals surface area contributed by atoms with Gasteiger partial charge in [0.2, 0.25) is 5.43 Å². The van der Waals surface area contributed by atoms with Crippen molar-refractivity contribution in [2.45, 2.75) is 24.6 Å². The number of aliphatic hydroxyl groups is 1. The van der Waals surface area contributed by atoms with E-state index in [1.54, 1.807) is 24.3 Å². The summed E-state index contributed by atoms with van der Waals surface area (Å²) >= 11 is 0. The summed E-state index contributed by atoms with van der Waals surface area (Å²) in [6.07, 6.45) is -4.11. The molecule has 1 unspecified atom stereocenters. The first-order valence-corrected chi connectivity index (χ1v) is 12.6. The van der Waals surface area contributed by atoms with Gasteiger partial charge in [-0.05, 0) is 65.9 Å². The summed E-state index contributed by atoms with van der Waals surface area (Å²) in [5.74, 6) is 0. The molecular weight excluding hydrogens is 514 g/mol. The van der Waals surface area contributed by atoms with Crippen LogP contribution >= 0.6 is 7.82 Å². The van der Waals surface area contributed by atoms with E-state index in [-0.39, 0.29) is 40.2 Å². The smallest absolute Gasteiger partial charge is 0.456 e. The van der Waals surface area contributed by atoms with Gasteiger partial charge in [-0.1, -0.05) is 24.3 Å². The Balaban J connectivity index is 1.64. The van der Waals surface area contributed by atoms with Crippen LogP contribution in [0.15, 0.2) is 69.9 Å². The van der Waals surface area contributed by atoms with Gasteiger partial charge in [0, 0.05) is 0 Å². The van der Waals surface area contributed by atoms with E-state index in [1.807, 2.05) is 0 Å². The molecule has 37 heavy (non-hydrogen) atoms. The minimum atomic E-state index is -4.76. The molecule has 0 saturated heterocycles. The average Bonchev–Trinajstić information content (AvgIpc) is 2.85. The van der Waals surface area contributed by atoms with Crippen LogP contribution in [0.25, 0.3) is 33.1 Å². The molecule has 0 saturated carbocycles. The van der Waals surface area contributed by atoms with Crippen LogP contribution in [-0.2, 0) is 21.7 Å². The lowest BCUT2D eigenvalue weighted by Gasteiger charge is -2.27. The Morgan fingerprint density at radius 1 is 0.946 bits per heavy atom. The molecule has 8 nitrogen and oxygen atoms in total. The van der Waals surface area contributed by atoms with Crippen LogP contribution in [0.5, 0.6) is 0 Å². The van der Waals surface area contributed by atoms with E-state index in [2.05, 4.69) is 4.52 Å². The van der Waals surface area contributed by atoms with Crippen LogP contribution < -0.4 is 11.2 Å². The Hall–Kier alpha value is -3.05. The summed E-state index contributed by atoms with van der Waals surface area (Å²) in [5, 5.41) is 10.1. The van der Waals surface area contributed by atoms with Crippen LogP contribution in [0.4, 0.5) is 13.2 Å². The molecule has 12 heteroatoms. The standard InChI is InChI=1S/C25H23F3NO7P/c26-25(27,28)18-3-1-2-16(11-18)17-5-6-19-22(12-17)36-21-7-4-15(10-20(21)23(19)31)8-9-24(29,13-30)14-35-37(32,33)34/h1-7,10-12,30H,8-9,13-14,29H2,(H2,32,33,34). The first-order valence-electron chi connectivity index (χ1n) is 11.0. The van der Waals surface area contributed by atoms with Crippen molar-refractivity contribution < 1.29 is 41.6 Å². The molecule has 1 atom stereocenters. The molecule has 0 aliphatic carbocycles. The maximum atomic E-state index is 13.2. The molecule has 5 N–H and O–H groups in total. The first-order chi connectivity index (χ1) is 17.3. The zero-order valence-electron chi connectivity index (χ0n) is 19.2. The van der Waals surface area contributed by atoms with Crippen LogP contribution in [0.3, 0.4) is 0 Å².